The Balaban J connectivity index is 1.55. The van der Waals surface area contributed by atoms with Crippen molar-refractivity contribution in [1.82, 2.24) is 10.2 Å². The molecule has 2 fully saturated rings. The lowest BCUT2D eigenvalue weighted by atomic mass is 9.88. The van der Waals surface area contributed by atoms with E-state index in [2.05, 4.69) is 5.32 Å². The van der Waals surface area contributed by atoms with Gasteiger partial charge in [-0.15, -0.1) is 11.8 Å². The number of aliphatic carboxylic acids is 1. The lowest BCUT2D eigenvalue weighted by molar-refractivity contribution is -0.163. The monoisotopic (exact) mass is 408 g/mol. The summed E-state index contributed by atoms with van der Waals surface area (Å²) in [7, 11) is 0. The number of nitrogens with zero attached hydrogens (tertiary/aromatic N) is 1. The van der Waals surface area contributed by atoms with E-state index >= 15 is 0 Å². The van der Waals surface area contributed by atoms with Crippen molar-refractivity contribution in [3.05, 3.63) is 35.9 Å². The van der Waals surface area contributed by atoms with Gasteiger partial charge in [0.1, 0.15) is 30.0 Å². The molecule has 0 radical (unpaired) electrons. The Kier molecular flexibility index (Phi) is 5.78. The molecule has 0 aromatic heterocycles. The molecular formula is C18H20N2O7S. The molecule has 3 atom stereocenters. The summed E-state index contributed by atoms with van der Waals surface area (Å²) in [6.07, 6.45) is -0.711. The van der Waals surface area contributed by atoms with E-state index in [1.807, 2.05) is 30.3 Å². The molecule has 2 heterocycles. The molecule has 2 unspecified atom stereocenters. The number of carboxylic acids is 1. The maximum absolute atomic E-state index is 12.4. The van der Waals surface area contributed by atoms with E-state index in [4.69, 9.17) is 9.47 Å². The van der Waals surface area contributed by atoms with E-state index in [1.54, 1.807) is 0 Å². The van der Waals surface area contributed by atoms with Crippen LogP contribution in [0.25, 0.3) is 0 Å². The number of rotatable bonds is 6. The van der Waals surface area contributed by atoms with Crippen LogP contribution in [0, 0.1) is 5.41 Å². The Bertz CT molecular complexity index is 787. The minimum absolute atomic E-state index is 0.0800. The zero-order valence-corrected chi connectivity index (χ0v) is 15.9. The van der Waals surface area contributed by atoms with Gasteiger partial charge in [0.05, 0.1) is 0 Å². The number of esters is 1. The highest BCUT2D eigenvalue weighted by atomic mass is 32.2. The van der Waals surface area contributed by atoms with Crippen molar-refractivity contribution < 1.29 is 33.8 Å². The number of alkyl carbamates (subject to hydrolysis) is 1. The van der Waals surface area contributed by atoms with Crippen LogP contribution in [0.15, 0.2) is 30.3 Å². The van der Waals surface area contributed by atoms with Gasteiger partial charge in [-0.1, -0.05) is 30.3 Å². The second-order valence-electron chi connectivity index (χ2n) is 6.72. The second kappa shape index (κ2) is 8.09. The van der Waals surface area contributed by atoms with Gasteiger partial charge in [0.15, 0.2) is 0 Å². The van der Waals surface area contributed by atoms with E-state index in [0.29, 0.717) is 0 Å². The van der Waals surface area contributed by atoms with E-state index < -0.39 is 29.5 Å². The number of carboxylic acid groups (broad SMARTS) is 1. The minimum atomic E-state index is -1.36. The molecule has 9 nitrogen and oxygen atoms in total. The molecule has 150 valence electrons. The molecule has 1 aromatic carbocycles. The first-order chi connectivity index (χ1) is 13.3. The first kappa shape index (κ1) is 20.0. The van der Waals surface area contributed by atoms with Crippen LogP contribution in [0.2, 0.25) is 0 Å². The van der Waals surface area contributed by atoms with Crippen molar-refractivity contribution in [2.24, 2.45) is 5.41 Å². The first-order valence-electron chi connectivity index (χ1n) is 8.58. The van der Waals surface area contributed by atoms with Crippen LogP contribution in [0.5, 0.6) is 0 Å². The lowest BCUT2D eigenvalue weighted by Crippen LogP contribution is -2.74. The average molecular weight is 408 g/mol. The van der Waals surface area contributed by atoms with Gasteiger partial charge < -0.3 is 24.8 Å². The Labute approximate surface area is 165 Å². The standard InChI is InChI=1S/C18H20N2O7S/c1-11(21)27-9-18(16(23)24)8-20-14(22)13(15(20)28-10-18)19-17(25)26-7-12-5-3-2-4-6-12/h2-6,13,15H,7-10H2,1H3,(H,19,25)(H,23,24)/t13?,15-,18?/m1/s1. The fraction of sp³-hybridized carbons (Fsp3) is 0.444. The number of fused-ring (bicyclic) bond motifs is 1. The molecular weight excluding hydrogens is 388 g/mol. The van der Waals surface area contributed by atoms with Gasteiger partial charge in [-0.25, -0.2) is 4.79 Å². The van der Waals surface area contributed by atoms with Crippen molar-refractivity contribution >= 4 is 35.7 Å². The fourth-order valence-corrected chi connectivity index (χ4v) is 4.56. The van der Waals surface area contributed by atoms with E-state index in [-0.39, 0.29) is 36.8 Å². The summed E-state index contributed by atoms with van der Waals surface area (Å²) in [5.74, 6) is -1.95. The highest BCUT2D eigenvalue weighted by Gasteiger charge is 2.58. The molecule has 0 saturated carbocycles. The zero-order valence-electron chi connectivity index (χ0n) is 15.1. The SMILES string of the molecule is CC(=O)OCC1(C(=O)O)CS[C@@H]2C(NC(=O)OCc3ccccc3)C(=O)N2C1. The number of benzene rings is 1. The van der Waals surface area contributed by atoms with Crippen LogP contribution < -0.4 is 5.32 Å². The molecule has 28 heavy (non-hydrogen) atoms. The topological polar surface area (TPSA) is 122 Å². The molecule has 0 bridgehead atoms. The summed E-state index contributed by atoms with van der Waals surface area (Å²) >= 11 is 1.23. The van der Waals surface area contributed by atoms with Crippen molar-refractivity contribution in [2.45, 2.75) is 24.9 Å². The minimum Gasteiger partial charge on any atom is -0.481 e. The maximum atomic E-state index is 12.4. The molecule has 10 heteroatoms. The van der Waals surface area contributed by atoms with Crippen molar-refractivity contribution in [2.75, 3.05) is 18.9 Å². The number of hydrogen-bond donors (Lipinski definition) is 2. The van der Waals surface area contributed by atoms with Crippen molar-refractivity contribution in [1.29, 1.82) is 0 Å². The van der Waals surface area contributed by atoms with Gasteiger partial charge >= 0.3 is 18.0 Å². The van der Waals surface area contributed by atoms with E-state index in [0.717, 1.165) is 5.56 Å². The van der Waals surface area contributed by atoms with Crippen LogP contribution in [0.4, 0.5) is 4.79 Å². The number of hydrogen-bond acceptors (Lipinski definition) is 7. The number of carbonyl (C=O) groups excluding carboxylic acids is 3. The number of ether oxygens (including phenoxy) is 2. The highest BCUT2D eigenvalue weighted by molar-refractivity contribution is 8.00. The van der Waals surface area contributed by atoms with Gasteiger partial charge in [0.2, 0.25) is 5.91 Å². The van der Waals surface area contributed by atoms with Crippen LogP contribution >= 0.6 is 11.8 Å². The Morgan fingerprint density at radius 1 is 1.29 bits per heavy atom. The largest absolute Gasteiger partial charge is 0.481 e. The number of β-lactam (4-membered cyclic amide) rings is 1. The van der Waals surface area contributed by atoms with Crippen LogP contribution in [-0.2, 0) is 30.5 Å². The molecule has 0 aliphatic carbocycles. The van der Waals surface area contributed by atoms with Crippen molar-refractivity contribution in [3.63, 3.8) is 0 Å². The van der Waals surface area contributed by atoms with Crippen LogP contribution in [0.1, 0.15) is 12.5 Å². The summed E-state index contributed by atoms with van der Waals surface area (Å²) in [6, 6.07) is 8.36. The normalized spacial score (nSPS) is 25.9. The summed E-state index contributed by atoms with van der Waals surface area (Å²) in [5.41, 5.74) is -0.538. The Morgan fingerprint density at radius 3 is 2.64 bits per heavy atom. The molecule has 2 N–H and O–H groups in total. The molecule has 2 aliphatic heterocycles. The molecule has 0 spiro atoms. The summed E-state index contributed by atoms with van der Waals surface area (Å²) in [5, 5.41) is 11.7. The summed E-state index contributed by atoms with van der Waals surface area (Å²) < 4.78 is 10.0. The van der Waals surface area contributed by atoms with E-state index in [1.165, 1.54) is 23.6 Å². The zero-order chi connectivity index (χ0) is 20.3. The number of thioether (sulfide) groups is 1. The third kappa shape index (κ3) is 4.06. The molecule has 1 aromatic rings. The predicted molar refractivity (Wildman–Crippen MR) is 98.2 cm³/mol. The first-order valence-corrected chi connectivity index (χ1v) is 9.63. The Morgan fingerprint density at radius 2 is 2.00 bits per heavy atom. The molecule has 3 rings (SSSR count). The average Bonchev–Trinajstić information content (AvgIpc) is 2.69. The van der Waals surface area contributed by atoms with Crippen LogP contribution in [0.3, 0.4) is 0 Å². The second-order valence-corrected chi connectivity index (χ2v) is 7.82. The number of nitrogens with one attached hydrogen (secondary N) is 1. The van der Waals surface area contributed by atoms with Crippen molar-refractivity contribution in [3.8, 4) is 0 Å². The summed E-state index contributed by atoms with van der Waals surface area (Å²) in [4.78, 5) is 48.5. The van der Waals surface area contributed by atoms with Gasteiger partial charge in [0.25, 0.3) is 0 Å². The van der Waals surface area contributed by atoms with Gasteiger partial charge in [-0.05, 0) is 5.56 Å². The quantitative estimate of drug-likeness (QED) is 0.524. The van der Waals surface area contributed by atoms with E-state index in [9.17, 15) is 24.3 Å². The summed E-state index contributed by atoms with van der Waals surface area (Å²) in [6.45, 7) is 0.894. The number of amides is 2. The molecule has 2 aliphatic rings. The number of carbonyl (C=O) groups is 4. The molecule has 2 saturated heterocycles. The third-order valence-corrected chi connectivity index (χ3v) is 6.22. The fourth-order valence-electron chi connectivity index (χ4n) is 3.04. The lowest BCUT2D eigenvalue weighted by Gasteiger charge is -2.53. The van der Waals surface area contributed by atoms with Gasteiger partial charge in [-0.3, -0.25) is 14.4 Å². The molecule has 2 amide bonds. The third-order valence-electron chi connectivity index (χ3n) is 4.64. The van der Waals surface area contributed by atoms with Gasteiger partial charge in [0, 0.05) is 19.2 Å². The smallest absolute Gasteiger partial charge is 0.408 e. The van der Waals surface area contributed by atoms with Gasteiger partial charge in [-0.2, -0.15) is 0 Å². The predicted octanol–water partition coefficient (Wildman–Crippen LogP) is 0.831. The maximum Gasteiger partial charge on any atom is 0.408 e. The van der Waals surface area contributed by atoms with Crippen LogP contribution in [-0.4, -0.2) is 64.3 Å². The Hall–Kier alpha value is -2.75. The highest BCUT2D eigenvalue weighted by Crippen LogP contribution is 2.42.